The molecule has 5 aromatic heterocycles. The van der Waals surface area contributed by atoms with Gasteiger partial charge in [-0.3, -0.25) is 23.5 Å². The van der Waals surface area contributed by atoms with Crippen molar-refractivity contribution in [3.05, 3.63) is 99.7 Å². The molecular weight excluding hydrogens is 825 g/mol. The van der Waals surface area contributed by atoms with Gasteiger partial charge in [0.2, 0.25) is 11.8 Å². The number of aryl methyl sites for hydroxylation is 1. The van der Waals surface area contributed by atoms with Gasteiger partial charge < -0.3 is 10.2 Å². The van der Waals surface area contributed by atoms with E-state index in [0.717, 1.165) is 51.9 Å². The fraction of sp³-hybridized carbons (Fsp3) is 0.415. The Morgan fingerprint density at radius 2 is 1.82 bits per heavy atom. The van der Waals surface area contributed by atoms with E-state index >= 15 is 0 Å². The zero-order valence-corrected chi connectivity index (χ0v) is 33.8. The van der Waals surface area contributed by atoms with Gasteiger partial charge in [0.1, 0.15) is 6.04 Å². The van der Waals surface area contributed by atoms with Crippen molar-refractivity contribution in [1.29, 1.82) is 0 Å². The normalized spacial score (nSPS) is 19.7. The Bertz CT molecular complexity index is 2770. The van der Waals surface area contributed by atoms with Gasteiger partial charge in [0.15, 0.2) is 11.3 Å². The lowest BCUT2D eigenvalue weighted by molar-refractivity contribution is -0.141. The number of carbonyl (C=O) groups is 2. The quantitative estimate of drug-likeness (QED) is 0.136. The van der Waals surface area contributed by atoms with Gasteiger partial charge in [-0.1, -0.05) is 23.7 Å². The van der Waals surface area contributed by atoms with Crippen LogP contribution in [0.1, 0.15) is 74.9 Å². The minimum Gasteiger partial charge on any atom is -0.348 e. The Morgan fingerprint density at radius 3 is 2.51 bits per heavy atom. The predicted molar refractivity (Wildman–Crippen MR) is 211 cm³/mol. The van der Waals surface area contributed by atoms with Crippen molar-refractivity contribution in [3.8, 4) is 22.5 Å². The summed E-state index contributed by atoms with van der Waals surface area (Å²) in [5, 5.41) is 16.1. The Labute approximate surface area is 349 Å². The van der Waals surface area contributed by atoms with Crippen LogP contribution >= 0.6 is 11.6 Å². The monoisotopic (exact) mass is 863 g/mol. The molecule has 14 nitrogen and oxygen atoms in total. The first-order valence-corrected chi connectivity index (χ1v) is 20.0. The Morgan fingerprint density at radius 1 is 1.03 bits per heavy atom. The van der Waals surface area contributed by atoms with Crippen LogP contribution in [-0.4, -0.2) is 78.7 Å². The van der Waals surface area contributed by atoms with E-state index in [2.05, 4.69) is 30.6 Å². The molecule has 3 fully saturated rings. The summed E-state index contributed by atoms with van der Waals surface area (Å²) in [4.78, 5) is 51.6. The summed E-state index contributed by atoms with van der Waals surface area (Å²) < 4.78 is 73.7. The molecule has 1 aliphatic heterocycles. The lowest BCUT2D eigenvalue weighted by atomic mass is 9.95. The van der Waals surface area contributed by atoms with Gasteiger partial charge in [-0.05, 0) is 80.5 Å². The number of rotatable bonds is 12. The molecule has 1 saturated heterocycles. The van der Waals surface area contributed by atoms with Crippen LogP contribution in [-0.2, 0) is 35.8 Å². The first-order valence-electron chi connectivity index (χ1n) is 19.7. The minimum atomic E-state index is -4.82. The molecule has 20 heteroatoms. The summed E-state index contributed by atoms with van der Waals surface area (Å²) in [7, 11) is 1.82. The zero-order chi connectivity index (χ0) is 43.2. The molecule has 1 spiro atoms. The minimum absolute atomic E-state index is 0.00173. The highest BCUT2D eigenvalue weighted by molar-refractivity contribution is 6.31. The zero-order valence-electron chi connectivity index (χ0n) is 33.1. The summed E-state index contributed by atoms with van der Waals surface area (Å²) in [6.07, 6.45) is 4.89. The van der Waals surface area contributed by atoms with Crippen molar-refractivity contribution < 1.29 is 31.5 Å². The summed E-state index contributed by atoms with van der Waals surface area (Å²) in [5.41, 5.74) is -0.726. The van der Waals surface area contributed by atoms with Gasteiger partial charge in [-0.25, -0.2) is 14.5 Å². The van der Waals surface area contributed by atoms with E-state index in [1.165, 1.54) is 27.9 Å². The average molecular weight is 864 g/mol. The molecule has 0 bridgehead atoms. The number of alkyl halides is 5. The standard InChI is InChI=1S/C41H39ClF5N11O3/c1-39(2,21-58-31(15-33(52-58)41(45,46)47)30-8-10-55(26-5-6-26)38(61)50-30)51-35(59)32(12-22-17-49-57(19-22)37(43)44)56-11-9-40(36(56)60)16-28(40)27-7-4-23(14-29(27)42)24-13-25-20-54(3)53-34(25)48-18-24/h4,7-8,10,13-15,17-20,26,28,32,37H,5-6,9,11-12,16,21H2,1-3H3,(H,51,59)/t28-,32-,40+/m1/s1. The number of benzene rings is 1. The summed E-state index contributed by atoms with van der Waals surface area (Å²) >= 11 is 6.89. The number of likely N-dealkylation sites (tertiary alicyclic amines) is 1. The second-order valence-electron chi connectivity index (χ2n) is 16.8. The number of pyridine rings is 1. The first kappa shape index (κ1) is 40.4. The molecule has 0 unspecified atom stereocenters. The molecule has 318 valence electrons. The molecule has 2 saturated carbocycles. The SMILES string of the molecule is Cn1cc2cc(-c3ccc([C@H]4C[C@@]45CCN([C@H](Cc4cnn(C(F)F)c4)C(=O)NC(C)(C)Cn4nc(C(F)(F)F)cc4-c4ccn(C6CC6)c(=O)n4)C5=O)c(Cl)c3)cnc2n1. The van der Waals surface area contributed by atoms with Crippen LogP contribution in [0.2, 0.25) is 5.02 Å². The number of carbonyl (C=O) groups excluding carboxylic acids is 2. The molecule has 9 rings (SSSR count). The largest absolute Gasteiger partial charge is 0.435 e. The van der Waals surface area contributed by atoms with Crippen molar-refractivity contribution in [2.45, 2.75) is 88.8 Å². The van der Waals surface area contributed by atoms with Crippen LogP contribution in [0.5, 0.6) is 0 Å². The maximum absolute atomic E-state index is 14.5. The van der Waals surface area contributed by atoms with Crippen LogP contribution in [0.25, 0.3) is 33.5 Å². The van der Waals surface area contributed by atoms with E-state index < -0.39 is 47.0 Å². The van der Waals surface area contributed by atoms with Crippen molar-refractivity contribution >= 4 is 34.4 Å². The number of hydrogen-bond donors (Lipinski definition) is 1. The van der Waals surface area contributed by atoms with Crippen molar-refractivity contribution in [2.75, 3.05) is 6.54 Å². The molecule has 2 aliphatic carbocycles. The second kappa shape index (κ2) is 14.6. The lowest BCUT2D eigenvalue weighted by Gasteiger charge is -2.33. The van der Waals surface area contributed by atoms with Gasteiger partial charge in [-0.15, -0.1) is 0 Å². The predicted octanol–water partition coefficient (Wildman–Crippen LogP) is 6.57. The summed E-state index contributed by atoms with van der Waals surface area (Å²) in [5.74, 6) is -1.19. The van der Waals surface area contributed by atoms with Gasteiger partial charge in [-0.2, -0.15) is 42.2 Å². The summed E-state index contributed by atoms with van der Waals surface area (Å²) in [6, 6.07) is 8.68. The molecule has 1 aromatic carbocycles. The van der Waals surface area contributed by atoms with Crippen LogP contribution in [0.4, 0.5) is 22.0 Å². The molecule has 6 aromatic rings. The van der Waals surface area contributed by atoms with Crippen LogP contribution in [0, 0.1) is 5.41 Å². The smallest absolute Gasteiger partial charge is 0.348 e. The third-order valence-electron chi connectivity index (χ3n) is 11.8. The van der Waals surface area contributed by atoms with Crippen LogP contribution in [0.15, 0.2) is 72.2 Å². The topological polar surface area (TPSA) is 151 Å². The summed E-state index contributed by atoms with van der Waals surface area (Å²) in [6.45, 7) is 0.104. The third-order valence-corrected chi connectivity index (χ3v) is 12.1. The van der Waals surface area contributed by atoms with E-state index in [0.29, 0.717) is 28.2 Å². The maximum Gasteiger partial charge on any atom is 0.435 e. The molecule has 61 heavy (non-hydrogen) atoms. The number of halogens is 6. The molecule has 3 atom stereocenters. The molecule has 2 amide bonds. The Balaban J connectivity index is 0.964. The number of hydrogen-bond acceptors (Lipinski definition) is 8. The van der Waals surface area contributed by atoms with Gasteiger partial charge >= 0.3 is 18.4 Å². The van der Waals surface area contributed by atoms with Crippen molar-refractivity contribution in [3.63, 3.8) is 0 Å². The fourth-order valence-electron chi connectivity index (χ4n) is 8.57. The number of nitrogens with zero attached hydrogens (tertiary/aromatic N) is 10. The Kier molecular flexibility index (Phi) is 9.67. The van der Waals surface area contributed by atoms with Crippen LogP contribution in [0.3, 0.4) is 0 Å². The number of nitrogens with one attached hydrogen (secondary N) is 1. The molecular formula is C41H39ClF5N11O3. The van der Waals surface area contributed by atoms with Gasteiger partial charge in [0.25, 0.3) is 0 Å². The Hall–Kier alpha value is -5.98. The highest BCUT2D eigenvalue weighted by atomic mass is 35.5. The maximum atomic E-state index is 14.5. The van der Waals surface area contributed by atoms with Crippen molar-refractivity contribution in [2.24, 2.45) is 12.5 Å². The first-order chi connectivity index (χ1) is 28.9. The average Bonchev–Trinajstić information content (AvgIpc) is 3.93. The van der Waals surface area contributed by atoms with Gasteiger partial charge in [0.05, 0.1) is 35.1 Å². The highest BCUT2D eigenvalue weighted by Gasteiger charge is 2.65. The van der Waals surface area contributed by atoms with E-state index in [1.807, 2.05) is 37.5 Å². The van der Waals surface area contributed by atoms with Gasteiger partial charge in [0, 0.05) is 72.7 Å². The third kappa shape index (κ3) is 7.67. The van der Waals surface area contributed by atoms with Crippen LogP contribution < -0.4 is 11.0 Å². The second-order valence-corrected chi connectivity index (χ2v) is 17.2. The number of amides is 2. The van der Waals surface area contributed by atoms with E-state index in [9.17, 15) is 36.3 Å². The number of fused-ring (bicyclic) bond motifs is 1. The van der Waals surface area contributed by atoms with E-state index in [-0.39, 0.29) is 54.3 Å². The van der Waals surface area contributed by atoms with E-state index in [1.54, 1.807) is 24.7 Å². The molecule has 6 heterocycles. The lowest BCUT2D eigenvalue weighted by Crippen LogP contribution is -2.56. The highest BCUT2D eigenvalue weighted by Crippen LogP contribution is 2.66. The fourth-order valence-corrected chi connectivity index (χ4v) is 8.89. The number of aromatic nitrogens is 9. The molecule has 1 N–H and O–H groups in total. The molecule has 0 radical (unpaired) electrons. The van der Waals surface area contributed by atoms with E-state index in [4.69, 9.17) is 11.6 Å². The van der Waals surface area contributed by atoms with Crippen molar-refractivity contribution in [1.82, 2.24) is 54.1 Å². The molecule has 3 aliphatic rings.